The SMILES string of the molecule is CCCCCCCCCCOC(=O)C=CCCCCCCCCCCCCCCCCC(=O)OCCCCCCCCCC. The highest BCUT2D eigenvalue weighted by molar-refractivity contribution is 5.81. The van der Waals surface area contributed by atoms with Crippen LogP contribution in [0.25, 0.3) is 0 Å². The third-order valence-corrected chi connectivity index (χ3v) is 8.76. The first kappa shape index (κ1) is 42.7. The molecule has 0 aromatic heterocycles. The molecule has 0 fully saturated rings. The normalized spacial score (nSPS) is 11.4. The minimum absolute atomic E-state index is 0.00573. The largest absolute Gasteiger partial charge is 0.466 e. The summed E-state index contributed by atoms with van der Waals surface area (Å²) < 4.78 is 10.7. The van der Waals surface area contributed by atoms with Gasteiger partial charge >= 0.3 is 11.9 Å². The number of esters is 2. The number of hydrogen-bond donors (Lipinski definition) is 0. The number of unbranched alkanes of at least 4 members (excludes halogenated alkanes) is 28. The van der Waals surface area contributed by atoms with Crippen molar-refractivity contribution in [1.82, 2.24) is 0 Å². The molecule has 0 spiro atoms. The molecule has 260 valence electrons. The van der Waals surface area contributed by atoms with E-state index >= 15 is 0 Å². The van der Waals surface area contributed by atoms with Gasteiger partial charge < -0.3 is 9.47 Å². The molecule has 0 radical (unpaired) electrons. The Bertz CT molecular complexity index is 614. The molecule has 0 heterocycles. The van der Waals surface area contributed by atoms with Crippen molar-refractivity contribution in [2.75, 3.05) is 13.2 Å². The molecule has 0 aliphatic heterocycles. The lowest BCUT2D eigenvalue weighted by Gasteiger charge is -2.05. The summed E-state index contributed by atoms with van der Waals surface area (Å²) in [5.74, 6) is -0.166. The van der Waals surface area contributed by atoms with E-state index in [0.717, 1.165) is 32.1 Å². The van der Waals surface area contributed by atoms with E-state index < -0.39 is 0 Å². The highest BCUT2D eigenvalue weighted by Gasteiger charge is 2.03. The van der Waals surface area contributed by atoms with Crippen LogP contribution in [0.3, 0.4) is 0 Å². The van der Waals surface area contributed by atoms with Gasteiger partial charge in [-0.3, -0.25) is 4.79 Å². The molecule has 0 bridgehead atoms. The average molecular weight is 621 g/mol. The zero-order valence-electron chi connectivity index (χ0n) is 29.8. The maximum Gasteiger partial charge on any atom is 0.330 e. The first-order valence-corrected chi connectivity index (χ1v) is 19.7. The van der Waals surface area contributed by atoms with Crippen molar-refractivity contribution >= 4 is 11.9 Å². The zero-order chi connectivity index (χ0) is 32.0. The van der Waals surface area contributed by atoms with E-state index in [0.29, 0.717) is 19.6 Å². The molecular weight excluding hydrogens is 544 g/mol. The van der Waals surface area contributed by atoms with Crippen molar-refractivity contribution < 1.29 is 19.1 Å². The second-order valence-electron chi connectivity index (χ2n) is 13.2. The van der Waals surface area contributed by atoms with Crippen molar-refractivity contribution in [3.8, 4) is 0 Å². The molecular formula is C40H76O4. The van der Waals surface area contributed by atoms with Crippen molar-refractivity contribution in [3.05, 3.63) is 12.2 Å². The molecule has 0 amide bonds. The number of carbonyl (C=O) groups is 2. The van der Waals surface area contributed by atoms with Crippen LogP contribution in [0.5, 0.6) is 0 Å². The highest BCUT2D eigenvalue weighted by Crippen LogP contribution is 2.15. The molecule has 0 unspecified atom stereocenters. The van der Waals surface area contributed by atoms with Gasteiger partial charge in [0.2, 0.25) is 0 Å². The van der Waals surface area contributed by atoms with E-state index in [1.54, 1.807) is 6.08 Å². The van der Waals surface area contributed by atoms with Gasteiger partial charge in [-0.1, -0.05) is 187 Å². The number of carbonyl (C=O) groups excluding carboxylic acids is 2. The summed E-state index contributed by atoms with van der Waals surface area (Å²) in [6, 6.07) is 0. The lowest BCUT2D eigenvalue weighted by Crippen LogP contribution is -2.05. The van der Waals surface area contributed by atoms with Crippen LogP contribution in [0.2, 0.25) is 0 Å². The Balaban J connectivity index is 3.24. The van der Waals surface area contributed by atoms with Gasteiger partial charge in [-0.05, 0) is 32.1 Å². The Labute approximate surface area is 275 Å². The van der Waals surface area contributed by atoms with Crippen LogP contribution in [0.4, 0.5) is 0 Å². The summed E-state index contributed by atoms with van der Waals surface area (Å²) in [4.78, 5) is 23.7. The predicted molar refractivity (Wildman–Crippen MR) is 190 cm³/mol. The van der Waals surface area contributed by atoms with Gasteiger partial charge in [-0.25, -0.2) is 4.79 Å². The standard InChI is InChI=1S/C40H76O4/c1-3-5-7-9-11-25-29-33-37-43-39(41)35-31-27-23-21-19-17-15-13-14-16-18-20-22-24-28-32-36-40(42)44-38-34-30-26-12-10-8-6-4-2/h31,35H,3-30,32-34,36-38H2,1-2H3. The van der Waals surface area contributed by atoms with E-state index in [4.69, 9.17) is 9.47 Å². The Morgan fingerprint density at radius 1 is 0.409 bits per heavy atom. The Kier molecular flexibility index (Phi) is 36.7. The minimum atomic E-state index is -0.172. The first-order valence-electron chi connectivity index (χ1n) is 19.7. The van der Waals surface area contributed by atoms with Crippen molar-refractivity contribution in [2.24, 2.45) is 0 Å². The van der Waals surface area contributed by atoms with E-state index in [-0.39, 0.29) is 11.9 Å². The van der Waals surface area contributed by atoms with Gasteiger partial charge in [-0.15, -0.1) is 0 Å². The molecule has 4 heteroatoms. The number of hydrogen-bond acceptors (Lipinski definition) is 4. The first-order chi connectivity index (χ1) is 21.7. The Morgan fingerprint density at radius 2 is 0.750 bits per heavy atom. The molecule has 0 aromatic carbocycles. The molecule has 0 aliphatic rings. The lowest BCUT2D eigenvalue weighted by atomic mass is 10.0. The van der Waals surface area contributed by atoms with Gasteiger partial charge in [0.25, 0.3) is 0 Å². The van der Waals surface area contributed by atoms with Crippen LogP contribution in [0.15, 0.2) is 12.2 Å². The fraction of sp³-hybridized carbons (Fsp3) is 0.900. The van der Waals surface area contributed by atoms with Crippen LogP contribution in [0.1, 0.15) is 219 Å². The number of allylic oxidation sites excluding steroid dienone is 1. The van der Waals surface area contributed by atoms with E-state index in [9.17, 15) is 9.59 Å². The lowest BCUT2D eigenvalue weighted by molar-refractivity contribution is -0.144. The topological polar surface area (TPSA) is 52.6 Å². The third-order valence-electron chi connectivity index (χ3n) is 8.76. The molecule has 0 atom stereocenters. The van der Waals surface area contributed by atoms with Crippen LogP contribution in [-0.2, 0) is 19.1 Å². The van der Waals surface area contributed by atoms with Crippen LogP contribution >= 0.6 is 0 Å². The average Bonchev–Trinajstić information content (AvgIpc) is 3.02. The molecule has 4 nitrogen and oxygen atoms in total. The molecule has 0 aliphatic carbocycles. The van der Waals surface area contributed by atoms with Crippen LogP contribution < -0.4 is 0 Å². The second-order valence-corrected chi connectivity index (χ2v) is 13.2. The third kappa shape index (κ3) is 36.9. The van der Waals surface area contributed by atoms with Gasteiger partial charge in [0, 0.05) is 12.5 Å². The summed E-state index contributed by atoms with van der Waals surface area (Å²) in [5, 5.41) is 0. The number of ether oxygens (including phenoxy) is 2. The van der Waals surface area contributed by atoms with Crippen LogP contribution in [-0.4, -0.2) is 25.2 Å². The second kappa shape index (κ2) is 37.9. The zero-order valence-corrected chi connectivity index (χ0v) is 29.8. The fourth-order valence-corrected chi connectivity index (χ4v) is 5.78. The summed E-state index contributed by atoms with van der Waals surface area (Å²) in [6.45, 7) is 5.69. The number of rotatable bonds is 36. The van der Waals surface area contributed by atoms with Crippen LogP contribution in [0, 0.1) is 0 Å². The van der Waals surface area contributed by atoms with E-state index in [1.807, 2.05) is 6.08 Å². The summed E-state index contributed by atoms with van der Waals surface area (Å²) in [7, 11) is 0. The highest BCUT2D eigenvalue weighted by atomic mass is 16.5. The summed E-state index contributed by atoms with van der Waals surface area (Å²) >= 11 is 0. The van der Waals surface area contributed by atoms with Gasteiger partial charge in [-0.2, -0.15) is 0 Å². The summed E-state index contributed by atoms with van der Waals surface area (Å²) in [6.07, 6.45) is 43.5. The Hall–Kier alpha value is -1.32. The quantitative estimate of drug-likeness (QED) is 0.0397. The van der Waals surface area contributed by atoms with Crippen molar-refractivity contribution in [1.29, 1.82) is 0 Å². The molecule has 0 aromatic rings. The van der Waals surface area contributed by atoms with Gasteiger partial charge in [0.05, 0.1) is 13.2 Å². The molecule has 0 saturated heterocycles. The van der Waals surface area contributed by atoms with Gasteiger partial charge in [0.15, 0.2) is 0 Å². The minimum Gasteiger partial charge on any atom is -0.466 e. The van der Waals surface area contributed by atoms with Gasteiger partial charge in [0.1, 0.15) is 0 Å². The van der Waals surface area contributed by atoms with E-state index in [2.05, 4.69) is 13.8 Å². The monoisotopic (exact) mass is 621 g/mol. The van der Waals surface area contributed by atoms with Crippen molar-refractivity contribution in [2.45, 2.75) is 219 Å². The smallest absolute Gasteiger partial charge is 0.330 e. The maximum atomic E-state index is 11.9. The fourth-order valence-electron chi connectivity index (χ4n) is 5.78. The maximum absolute atomic E-state index is 11.9. The molecule has 0 rings (SSSR count). The summed E-state index contributed by atoms with van der Waals surface area (Å²) in [5.41, 5.74) is 0. The molecule has 44 heavy (non-hydrogen) atoms. The predicted octanol–water partition coefficient (Wildman–Crippen LogP) is 13.2. The van der Waals surface area contributed by atoms with E-state index in [1.165, 1.54) is 167 Å². The molecule has 0 N–H and O–H groups in total. The van der Waals surface area contributed by atoms with Crippen molar-refractivity contribution in [3.63, 3.8) is 0 Å². The molecule has 0 saturated carbocycles. The Morgan fingerprint density at radius 3 is 1.18 bits per heavy atom.